The molecule has 0 spiro atoms. The van der Waals surface area contributed by atoms with E-state index in [0.29, 0.717) is 11.4 Å². The predicted molar refractivity (Wildman–Crippen MR) is 82.7 cm³/mol. The molecule has 2 aromatic rings. The van der Waals surface area contributed by atoms with Crippen LogP contribution in [-0.4, -0.2) is 25.6 Å². The molecule has 7 nitrogen and oxygen atoms in total. The van der Waals surface area contributed by atoms with Crippen molar-refractivity contribution < 1.29 is 17.9 Å². The number of benzene rings is 1. The number of carbonyl (C=O) groups excluding carboxylic acids is 1. The molecule has 0 saturated carbocycles. The second-order valence-electron chi connectivity index (χ2n) is 4.58. The largest absolute Gasteiger partial charge is 0.456 e. The lowest BCUT2D eigenvalue weighted by Crippen LogP contribution is -2.15. The van der Waals surface area contributed by atoms with Gasteiger partial charge in [-0.1, -0.05) is 6.07 Å². The molecule has 1 aromatic carbocycles. The minimum atomic E-state index is -3.52. The maximum absolute atomic E-state index is 12.1. The first kappa shape index (κ1) is 15.8. The lowest BCUT2D eigenvalue weighted by atomic mass is 10.1. The predicted octanol–water partition coefficient (Wildman–Crippen LogP) is 1.39. The fourth-order valence-electron chi connectivity index (χ4n) is 1.72. The maximum atomic E-state index is 12.1. The van der Waals surface area contributed by atoms with E-state index in [4.69, 9.17) is 10.5 Å². The van der Waals surface area contributed by atoms with Crippen LogP contribution < -0.4 is 10.5 Å². The number of nitrogens with one attached hydrogen (secondary N) is 1. The van der Waals surface area contributed by atoms with Crippen molar-refractivity contribution in [1.29, 1.82) is 0 Å². The minimum Gasteiger partial charge on any atom is -0.456 e. The van der Waals surface area contributed by atoms with E-state index in [1.807, 2.05) is 0 Å². The molecular weight excluding hydrogens is 306 g/mol. The molecule has 0 unspecified atom stereocenters. The first-order chi connectivity index (χ1) is 10.3. The fourth-order valence-corrected chi connectivity index (χ4v) is 2.30. The number of nitrogen functional groups attached to an aromatic ring is 1. The normalized spacial score (nSPS) is 11.0. The molecule has 0 saturated heterocycles. The summed E-state index contributed by atoms with van der Waals surface area (Å²) in [6.07, 6.45) is 2.58. The summed E-state index contributed by atoms with van der Waals surface area (Å²) in [5, 5.41) is 0. The van der Waals surface area contributed by atoms with Gasteiger partial charge in [-0.15, -0.1) is 0 Å². The summed E-state index contributed by atoms with van der Waals surface area (Å²) >= 11 is 0. The van der Waals surface area contributed by atoms with Crippen molar-refractivity contribution in [2.75, 3.05) is 16.7 Å². The third kappa shape index (κ3) is 4.45. The van der Waals surface area contributed by atoms with Crippen LogP contribution in [0, 0.1) is 0 Å². The molecule has 0 aliphatic rings. The second kappa shape index (κ2) is 6.44. The van der Waals surface area contributed by atoms with Gasteiger partial charge in [-0.25, -0.2) is 13.2 Å². The van der Waals surface area contributed by atoms with Crippen LogP contribution in [0.25, 0.3) is 0 Å². The van der Waals surface area contributed by atoms with Gasteiger partial charge in [0.25, 0.3) is 0 Å². The van der Waals surface area contributed by atoms with Crippen molar-refractivity contribution in [3.8, 4) is 0 Å². The molecule has 2 rings (SSSR count). The number of rotatable bonds is 5. The van der Waals surface area contributed by atoms with E-state index >= 15 is 0 Å². The Labute approximate surface area is 128 Å². The van der Waals surface area contributed by atoms with Crippen molar-refractivity contribution in [1.82, 2.24) is 4.98 Å². The fraction of sp³-hybridized carbons (Fsp3) is 0.143. The van der Waals surface area contributed by atoms with E-state index in [0.717, 1.165) is 6.26 Å². The Bertz CT molecular complexity index is 776. The van der Waals surface area contributed by atoms with Crippen molar-refractivity contribution in [2.24, 2.45) is 0 Å². The van der Waals surface area contributed by atoms with Crippen LogP contribution in [0.3, 0.4) is 0 Å². The number of nitrogens with two attached hydrogens (primary N) is 1. The van der Waals surface area contributed by atoms with Crippen molar-refractivity contribution in [3.63, 3.8) is 0 Å². The Morgan fingerprint density at radius 1 is 1.32 bits per heavy atom. The van der Waals surface area contributed by atoms with Crippen LogP contribution in [0.4, 0.5) is 11.4 Å². The van der Waals surface area contributed by atoms with Gasteiger partial charge >= 0.3 is 5.97 Å². The lowest BCUT2D eigenvalue weighted by Gasteiger charge is -2.11. The summed E-state index contributed by atoms with van der Waals surface area (Å²) in [4.78, 5) is 16.2. The van der Waals surface area contributed by atoms with Gasteiger partial charge in [-0.05, 0) is 30.3 Å². The number of anilines is 2. The molecule has 1 aromatic heterocycles. The number of pyridine rings is 1. The quantitative estimate of drug-likeness (QED) is 0.636. The Morgan fingerprint density at radius 2 is 2.09 bits per heavy atom. The smallest absolute Gasteiger partial charge is 0.340 e. The molecule has 3 N–H and O–H groups in total. The molecule has 0 fully saturated rings. The first-order valence-electron chi connectivity index (χ1n) is 6.29. The van der Waals surface area contributed by atoms with Crippen LogP contribution in [0.15, 0.2) is 42.6 Å². The number of aromatic nitrogens is 1. The van der Waals surface area contributed by atoms with Crippen molar-refractivity contribution in [3.05, 3.63) is 53.9 Å². The van der Waals surface area contributed by atoms with Crippen LogP contribution in [-0.2, 0) is 21.4 Å². The highest BCUT2D eigenvalue weighted by molar-refractivity contribution is 7.92. The van der Waals surface area contributed by atoms with Crippen LogP contribution >= 0.6 is 0 Å². The highest BCUT2D eigenvalue weighted by atomic mass is 32.2. The summed E-state index contributed by atoms with van der Waals surface area (Å²) in [5.74, 6) is -0.691. The maximum Gasteiger partial charge on any atom is 0.340 e. The number of ether oxygens (including phenoxy) is 1. The number of nitrogens with zero attached hydrogens (tertiary/aromatic N) is 1. The van der Waals surface area contributed by atoms with E-state index in [2.05, 4.69) is 9.71 Å². The summed E-state index contributed by atoms with van der Waals surface area (Å²) in [6, 6.07) is 9.48. The van der Waals surface area contributed by atoms with Gasteiger partial charge in [-0.2, -0.15) is 0 Å². The Kier molecular flexibility index (Phi) is 4.62. The minimum absolute atomic E-state index is 0.0210. The lowest BCUT2D eigenvalue weighted by molar-refractivity contribution is 0.0469. The third-order valence-electron chi connectivity index (χ3n) is 2.64. The molecule has 0 bridgehead atoms. The molecule has 22 heavy (non-hydrogen) atoms. The van der Waals surface area contributed by atoms with Gasteiger partial charge < -0.3 is 10.5 Å². The van der Waals surface area contributed by atoms with Crippen LogP contribution in [0.1, 0.15) is 16.1 Å². The molecule has 0 aliphatic carbocycles. The number of esters is 1. The van der Waals surface area contributed by atoms with Gasteiger partial charge in [0.05, 0.1) is 23.2 Å². The molecule has 116 valence electrons. The van der Waals surface area contributed by atoms with E-state index in [1.165, 1.54) is 18.2 Å². The molecule has 0 aliphatic heterocycles. The monoisotopic (exact) mass is 321 g/mol. The molecular formula is C14H15N3O4S. The molecule has 1 heterocycles. The summed E-state index contributed by atoms with van der Waals surface area (Å²) in [5.41, 5.74) is 6.70. The van der Waals surface area contributed by atoms with E-state index in [1.54, 1.807) is 24.4 Å². The van der Waals surface area contributed by atoms with Gasteiger partial charge in [0.1, 0.15) is 6.61 Å². The van der Waals surface area contributed by atoms with Crippen LogP contribution in [0.5, 0.6) is 0 Å². The first-order valence-corrected chi connectivity index (χ1v) is 8.18. The summed E-state index contributed by atoms with van der Waals surface area (Å²) in [7, 11) is -3.52. The highest BCUT2D eigenvalue weighted by Gasteiger charge is 2.16. The summed E-state index contributed by atoms with van der Waals surface area (Å²) < 4.78 is 30.1. The van der Waals surface area contributed by atoms with Crippen LogP contribution in [0.2, 0.25) is 0 Å². The van der Waals surface area contributed by atoms with Gasteiger partial charge in [0, 0.05) is 11.9 Å². The van der Waals surface area contributed by atoms with Gasteiger partial charge in [0.2, 0.25) is 10.0 Å². The molecule has 8 heteroatoms. The zero-order valence-electron chi connectivity index (χ0n) is 11.8. The Morgan fingerprint density at radius 3 is 2.73 bits per heavy atom. The van der Waals surface area contributed by atoms with E-state index < -0.39 is 16.0 Å². The number of carbonyl (C=O) groups is 1. The van der Waals surface area contributed by atoms with Crippen molar-refractivity contribution in [2.45, 2.75) is 6.61 Å². The Hall–Kier alpha value is -2.61. The topological polar surface area (TPSA) is 111 Å². The van der Waals surface area contributed by atoms with Gasteiger partial charge in [-0.3, -0.25) is 9.71 Å². The standard InChI is InChI=1S/C14H15N3O4S/c1-22(19,20)17-13-6-5-10(15)8-12(13)14(18)21-9-11-4-2-3-7-16-11/h2-8,17H,9,15H2,1H3. The zero-order chi connectivity index (χ0) is 16.2. The average molecular weight is 321 g/mol. The molecule has 0 atom stereocenters. The van der Waals surface area contributed by atoms with E-state index in [9.17, 15) is 13.2 Å². The SMILES string of the molecule is CS(=O)(=O)Nc1ccc(N)cc1C(=O)OCc1ccccn1. The van der Waals surface area contributed by atoms with Gasteiger partial charge in [0.15, 0.2) is 0 Å². The average Bonchev–Trinajstić information content (AvgIpc) is 2.46. The third-order valence-corrected chi connectivity index (χ3v) is 3.23. The number of hydrogen-bond donors (Lipinski definition) is 2. The second-order valence-corrected chi connectivity index (χ2v) is 6.32. The molecule has 0 radical (unpaired) electrons. The number of hydrogen-bond acceptors (Lipinski definition) is 6. The summed E-state index contributed by atoms with van der Waals surface area (Å²) in [6.45, 7) is -0.0210. The Balaban J connectivity index is 2.19. The zero-order valence-corrected chi connectivity index (χ0v) is 12.6. The van der Waals surface area contributed by atoms with Crippen molar-refractivity contribution >= 4 is 27.4 Å². The number of sulfonamides is 1. The molecule has 0 amide bonds. The van der Waals surface area contributed by atoms with E-state index in [-0.39, 0.29) is 17.9 Å². The highest BCUT2D eigenvalue weighted by Crippen LogP contribution is 2.21.